The lowest BCUT2D eigenvalue weighted by Crippen LogP contribution is -2.40. The second kappa shape index (κ2) is 9.42. The molecule has 1 fully saturated rings. The van der Waals surface area contributed by atoms with Crippen molar-refractivity contribution in [2.24, 2.45) is 4.99 Å². The lowest BCUT2D eigenvalue weighted by Gasteiger charge is -2.21. The van der Waals surface area contributed by atoms with E-state index in [4.69, 9.17) is 0 Å². The molecule has 1 atom stereocenters. The Kier molecular flexibility index (Phi) is 7.25. The summed E-state index contributed by atoms with van der Waals surface area (Å²) >= 11 is 0. The van der Waals surface area contributed by atoms with E-state index in [0.717, 1.165) is 44.1 Å². The number of carbonyl (C=O) groups is 1. The Balaban J connectivity index is 2.02. The predicted molar refractivity (Wildman–Crippen MR) is 101 cm³/mol. The van der Waals surface area contributed by atoms with Crippen LogP contribution >= 0.6 is 0 Å². The number of hydrogen-bond donors (Lipinski definition) is 2. The standard InChI is InChI=1S/C19H30N4O2/c1-4-20-19(23-12-11-17(24)14-23)21-13-15-7-9-16(10-8-15)18(25)22(5-2)6-3/h7-10,17,24H,4-6,11-14H2,1-3H3,(H,20,21)/t17-/m1/s1. The molecule has 2 N–H and O–H groups in total. The molecule has 0 aliphatic carbocycles. The Labute approximate surface area is 150 Å². The third-order valence-corrected chi connectivity index (χ3v) is 4.46. The summed E-state index contributed by atoms with van der Waals surface area (Å²) in [5, 5.41) is 13.0. The van der Waals surface area contributed by atoms with Gasteiger partial charge in [0.05, 0.1) is 12.6 Å². The van der Waals surface area contributed by atoms with Crippen molar-refractivity contribution in [2.75, 3.05) is 32.7 Å². The largest absolute Gasteiger partial charge is 0.391 e. The minimum Gasteiger partial charge on any atom is -0.391 e. The van der Waals surface area contributed by atoms with Gasteiger partial charge in [0.1, 0.15) is 0 Å². The molecule has 2 rings (SSSR count). The second-order valence-electron chi connectivity index (χ2n) is 6.23. The summed E-state index contributed by atoms with van der Waals surface area (Å²) < 4.78 is 0. The predicted octanol–water partition coefficient (Wildman–Crippen LogP) is 1.70. The number of guanidine groups is 1. The number of likely N-dealkylation sites (tertiary alicyclic amines) is 1. The van der Waals surface area contributed by atoms with Gasteiger partial charge in [0, 0.05) is 38.3 Å². The number of benzene rings is 1. The average molecular weight is 346 g/mol. The number of rotatable bonds is 6. The van der Waals surface area contributed by atoms with Crippen LogP contribution in [0.5, 0.6) is 0 Å². The lowest BCUT2D eigenvalue weighted by molar-refractivity contribution is 0.0773. The number of nitrogens with one attached hydrogen (secondary N) is 1. The zero-order valence-electron chi connectivity index (χ0n) is 15.5. The molecule has 1 heterocycles. The van der Waals surface area contributed by atoms with Crippen molar-refractivity contribution in [3.8, 4) is 0 Å². The topological polar surface area (TPSA) is 68.2 Å². The molecular formula is C19H30N4O2. The third-order valence-electron chi connectivity index (χ3n) is 4.46. The van der Waals surface area contributed by atoms with Gasteiger partial charge in [0.2, 0.25) is 0 Å². The molecule has 6 nitrogen and oxygen atoms in total. The fraction of sp³-hybridized carbons (Fsp3) is 0.579. The van der Waals surface area contributed by atoms with Crippen LogP contribution in [-0.2, 0) is 6.54 Å². The van der Waals surface area contributed by atoms with Crippen molar-refractivity contribution in [1.29, 1.82) is 0 Å². The smallest absolute Gasteiger partial charge is 0.253 e. The van der Waals surface area contributed by atoms with Crippen LogP contribution in [0, 0.1) is 0 Å². The summed E-state index contributed by atoms with van der Waals surface area (Å²) in [6, 6.07) is 7.67. The van der Waals surface area contributed by atoms with Gasteiger partial charge in [-0.3, -0.25) is 4.79 Å². The van der Waals surface area contributed by atoms with Gasteiger partial charge < -0.3 is 20.2 Å². The van der Waals surface area contributed by atoms with Crippen molar-refractivity contribution in [3.05, 3.63) is 35.4 Å². The van der Waals surface area contributed by atoms with Crippen molar-refractivity contribution < 1.29 is 9.90 Å². The number of aliphatic hydroxyl groups is 1. The normalized spacial score (nSPS) is 17.7. The third kappa shape index (κ3) is 5.19. The van der Waals surface area contributed by atoms with Gasteiger partial charge >= 0.3 is 0 Å². The highest BCUT2D eigenvalue weighted by molar-refractivity contribution is 5.94. The molecule has 1 aromatic rings. The monoisotopic (exact) mass is 346 g/mol. The van der Waals surface area contributed by atoms with Crippen LogP contribution < -0.4 is 5.32 Å². The summed E-state index contributed by atoms with van der Waals surface area (Å²) in [6.07, 6.45) is 0.515. The van der Waals surface area contributed by atoms with E-state index in [1.807, 2.05) is 49.9 Å². The molecule has 0 aromatic heterocycles. The van der Waals surface area contributed by atoms with E-state index in [1.165, 1.54) is 0 Å². The fourth-order valence-electron chi connectivity index (χ4n) is 2.97. The van der Waals surface area contributed by atoms with E-state index in [9.17, 15) is 9.90 Å². The molecule has 1 saturated heterocycles. The van der Waals surface area contributed by atoms with Crippen LogP contribution in [0.15, 0.2) is 29.3 Å². The molecule has 25 heavy (non-hydrogen) atoms. The number of amides is 1. The Morgan fingerprint density at radius 1 is 1.28 bits per heavy atom. The first-order chi connectivity index (χ1) is 12.1. The summed E-state index contributed by atoms with van der Waals surface area (Å²) in [4.78, 5) is 20.9. The molecule has 0 spiro atoms. The van der Waals surface area contributed by atoms with Crippen LogP contribution in [0.1, 0.15) is 43.1 Å². The summed E-state index contributed by atoms with van der Waals surface area (Å²) in [6.45, 7) is 10.2. The van der Waals surface area contributed by atoms with Crippen LogP contribution in [0.4, 0.5) is 0 Å². The van der Waals surface area contributed by atoms with Crippen LogP contribution in [0.2, 0.25) is 0 Å². The number of β-amino-alcohol motifs (C(OH)–C–C–N with tert-alkyl or cyclic N) is 1. The quantitative estimate of drug-likeness (QED) is 0.608. The number of nitrogens with zero attached hydrogens (tertiary/aromatic N) is 3. The zero-order chi connectivity index (χ0) is 18.2. The van der Waals surface area contributed by atoms with E-state index < -0.39 is 0 Å². The molecule has 0 saturated carbocycles. The van der Waals surface area contributed by atoms with Crippen LogP contribution in [-0.4, -0.2) is 65.6 Å². The van der Waals surface area contributed by atoms with Crippen molar-refractivity contribution in [3.63, 3.8) is 0 Å². The van der Waals surface area contributed by atoms with Gasteiger partial charge in [0.25, 0.3) is 5.91 Å². The second-order valence-corrected chi connectivity index (χ2v) is 6.23. The maximum atomic E-state index is 12.3. The Morgan fingerprint density at radius 3 is 2.48 bits per heavy atom. The average Bonchev–Trinajstić information content (AvgIpc) is 3.06. The SMILES string of the molecule is CCNC(=NCc1ccc(C(=O)N(CC)CC)cc1)N1CC[C@@H](O)C1. The molecule has 0 bridgehead atoms. The molecule has 1 amide bonds. The van der Waals surface area contributed by atoms with Gasteiger partial charge in [0.15, 0.2) is 5.96 Å². The Morgan fingerprint density at radius 2 is 1.96 bits per heavy atom. The molecule has 1 aliphatic heterocycles. The van der Waals surface area contributed by atoms with Gasteiger partial charge in [-0.15, -0.1) is 0 Å². The first-order valence-corrected chi connectivity index (χ1v) is 9.18. The minimum absolute atomic E-state index is 0.0689. The first kappa shape index (κ1) is 19.2. The molecule has 6 heteroatoms. The number of aliphatic hydroxyl groups excluding tert-OH is 1. The Hall–Kier alpha value is -2.08. The molecule has 0 unspecified atom stereocenters. The van der Waals surface area contributed by atoms with Gasteiger partial charge in [-0.2, -0.15) is 0 Å². The van der Waals surface area contributed by atoms with Crippen molar-refractivity contribution >= 4 is 11.9 Å². The summed E-state index contributed by atoms with van der Waals surface area (Å²) in [5.41, 5.74) is 1.78. The number of hydrogen-bond acceptors (Lipinski definition) is 3. The maximum absolute atomic E-state index is 12.3. The summed E-state index contributed by atoms with van der Waals surface area (Å²) in [5.74, 6) is 0.904. The number of aliphatic imine (C=N–C) groups is 1. The highest BCUT2D eigenvalue weighted by Crippen LogP contribution is 2.11. The van der Waals surface area contributed by atoms with Crippen LogP contribution in [0.3, 0.4) is 0 Å². The van der Waals surface area contributed by atoms with Gasteiger partial charge in [-0.05, 0) is 44.9 Å². The minimum atomic E-state index is -0.269. The summed E-state index contributed by atoms with van der Waals surface area (Å²) in [7, 11) is 0. The molecule has 138 valence electrons. The highest BCUT2D eigenvalue weighted by atomic mass is 16.3. The lowest BCUT2D eigenvalue weighted by atomic mass is 10.1. The molecule has 1 aliphatic rings. The van der Waals surface area contributed by atoms with Gasteiger partial charge in [-0.25, -0.2) is 4.99 Å². The Bertz CT molecular complexity index is 582. The maximum Gasteiger partial charge on any atom is 0.253 e. The van der Waals surface area contributed by atoms with Crippen LogP contribution in [0.25, 0.3) is 0 Å². The van der Waals surface area contributed by atoms with E-state index >= 15 is 0 Å². The molecule has 1 aromatic carbocycles. The number of carbonyl (C=O) groups excluding carboxylic acids is 1. The zero-order valence-corrected chi connectivity index (χ0v) is 15.5. The molecular weight excluding hydrogens is 316 g/mol. The highest BCUT2D eigenvalue weighted by Gasteiger charge is 2.22. The molecule has 0 radical (unpaired) electrons. The van der Waals surface area contributed by atoms with Crippen molar-refractivity contribution in [2.45, 2.75) is 39.8 Å². The van der Waals surface area contributed by atoms with Crippen molar-refractivity contribution in [1.82, 2.24) is 15.1 Å². The first-order valence-electron chi connectivity index (χ1n) is 9.18. The fourth-order valence-corrected chi connectivity index (χ4v) is 2.97. The van der Waals surface area contributed by atoms with Gasteiger partial charge in [-0.1, -0.05) is 12.1 Å². The van der Waals surface area contributed by atoms with E-state index in [2.05, 4.69) is 15.2 Å². The van der Waals surface area contributed by atoms with E-state index in [0.29, 0.717) is 18.7 Å². The van der Waals surface area contributed by atoms with E-state index in [-0.39, 0.29) is 12.0 Å². The van der Waals surface area contributed by atoms with E-state index in [1.54, 1.807) is 0 Å².